The van der Waals surface area contributed by atoms with Gasteiger partial charge in [-0.05, 0) is 24.1 Å². The lowest BCUT2D eigenvalue weighted by Gasteiger charge is -2.08. The fourth-order valence-electron chi connectivity index (χ4n) is 1.71. The van der Waals surface area contributed by atoms with Crippen LogP contribution in [-0.2, 0) is 11.2 Å². The highest BCUT2D eigenvalue weighted by atomic mass is 16.4. The number of aliphatic carboxylic acids is 1. The second-order valence-electron chi connectivity index (χ2n) is 4.30. The van der Waals surface area contributed by atoms with Crippen LogP contribution >= 0.6 is 0 Å². The lowest BCUT2D eigenvalue weighted by atomic mass is 10.1. The molecule has 7 heteroatoms. The molecule has 0 bridgehead atoms. The number of carboxylic acid groups (broad SMARTS) is 1. The number of nitrogens with zero attached hydrogens (tertiary/aromatic N) is 2. The lowest BCUT2D eigenvalue weighted by Crippen LogP contribution is -2.19. The predicted molar refractivity (Wildman–Crippen MR) is 77.1 cm³/mol. The first kappa shape index (κ1) is 14.4. The summed E-state index contributed by atoms with van der Waals surface area (Å²) in [6.07, 6.45) is 4.80. The summed E-state index contributed by atoms with van der Waals surface area (Å²) in [5.41, 5.74) is 1.92. The minimum absolute atomic E-state index is 0.0526. The van der Waals surface area contributed by atoms with Crippen molar-refractivity contribution in [1.82, 2.24) is 9.97 Å². The monoisotopic (exact) mass is 286 g/mol. The zero-order chi connectivity index (χ0) is 15.1. The van der Waals surface area contributed by atoms with Crippen molar-refractivity contribution in [3.05, 3.63) is 48.5 Å². The molecule has 2 amide bonds. The molecule has 0 radical (unpaired) electrons. The number of carboxylic acids is 1. The van der Waals surface area contributed by atoms with Gasteiger partial charge in [-0.15, -0.1) is 0 Å². The molecule has 0 aliphatic carbocycles. The number of benzene rings is 1. The van der Waals surface area contributed by atoms with Crippen LogP contribution in [0.25, 0.3) is 0 Å². The summed E-state index contributed by atoms with van der Waals surface area (Å²) in [7, 11) is 0. The van der Waals surface area contributed by atoms with Crippen molar-refractivity contribution in [2.24, 2.45) is 0 Å². The Morgan fingerprint density at radius 1 is 1.10 bits per heavy atom. The van der Waals surface area contributed by atoms with Crippen molar-refractivity contribution >= 4 is 23.4 Å². The third-order valence-electron chi connectivity index (χ3n) is 2.63. The Labute approximate surface area is 121 Å². The van der Waals surface area contributed by atoms with Crippen LogP contribution in [-0.4, -0.2) is 27.1 Å². The molecule has 1 aromatic heterocycles. The second kappa shape index (κ2) is 6.99. The Hall–Kier alpha value is -2.96. The van der Waals surface area contributed by atoms with Gasteiger partial charge in [0.05, 0.1) is 18.1 Å². The smallest absolute Gasteiger partial charge is 0.323 e. The SMILES string of the molecule is O=C(O)CCc1cccc(NC(=O)Nc2cncnc2)c1. The highest BCUT2D eigenvalue weighted by molar-refractivity contribution is 5.99. The molecule has 0 spiro atoms. The Balaban J connectivity index is 1.94. The first-order valence-corrected chi connectivity index (χ1v) is 6.27. The molecule has 0 unspecified atom stereocenters. The Morgan fingerprint density at radius 3 is 2.52 bits per heavy atom. The number of carbonyl (C=O) groups excluding carboxylic acids is 1. The highest BCUT2D eigenvalue weighted by Gasteiger charge is 2.04. The maximum absolute atomic E-state index is 11.8. The summed E-state index contributed by atoms with van der Waals surface area (Å²) in [6, 6.07) is 6.63. The van der Waals surface area contributed by atoms with Gasteiger partial charge in [-0.3, -0.25) is 4.79 Å². The minimum atomic E-state index is -0.852. The number of rotatable bonds is 5. The average molecular weight is 286 g/mol. The van der Waals surface area contributed by atoms with Crippen molar-refractivity contribution in [3.8, 4) is 0 Å². The summed E-state index contributed by atoms with van der Waals surface area (Å²) in [4.78, 5) is 29.9. The third-order valence-corrected chi connectivity index (χ3v) is 2.63. The van der Waals surface area contributed by atoms with E-state index in [9.17, 15) is 9.59 Å². The van der Waals surface area contributed by atoms with Crippen LogP contribution in [0.15, 0.2) is 43.0 Å². The molecule has 108 valence electrons. The number of nitrogens with one attached hydrogen (secondary N) is 2. The van der Waals surface area contributed by atoms with E-state index in [4.69, 9.17) is 5.11 Å². The number of aryl methyl sites for hydroxylation is 1. The number of aromatic nitrogens is 2. The zero-order valence-electron chi connectivity index (χ0n) is 11.1. The number of amides is 2. The van der Waals surface area contributed by atoms with E-state index in [0.29, 0.717) is 17.8 Å². The molecule has 1 aromatic carbocycles. The second-order valence-corrected chi connectivity index (χ2v) is 4.30. The van der Waals surface area contributed by atoms with Crippen molar-refractivity contribution in [2.75, 3.05) is 10.6 Å². The van der Waals surface area contributed by atoms with Gasteiger partial charge >= 0.3 is 12.0 Å². The van der Waals surface area contributed by atoms with E-state index >= 15 is 0 Å². The van der Waals surface area contributed by atoms with Gasteiger partial charge in [0.2, 0.25) is 0 Å². The predicted octanol–water partition coefficient (Wildman–Crippen LogP) is 2.14. The van der Waals surface area contributed by atoms with Crippen LogP contribution in [0.2, 0.25) is 0 Å². The van der Waals surface area contributed by atoms with Gasteiger partial charge in [0.25, 0.3) is 0 Å². The topological polar surface area (TPSA) is 104 Å². The molecule has 21 heavy (non-hydrogen) atoms. The number of carbonyl (C=O) groups is 2. The van der Waals surface area contributed by atoms with Gasteiger partial charge in [0.1, 0.15) is 6.33 Å². The molecule has 2 rings (SSSR count). The van der Waals surface area contributed by atoms with Crippen LogP contribution in [0.1, 0.15) is 12.0 Å². The van der Waals surface area contributed by atoms with E-state index < -0.39 is 12.0 Å². The number of urea groups is 1. The van der Waals surface area contributed by atoms with Crippen molar-refractivity contribution in [2.45, 2.75) is 12.8 Å². The van der Waals surface area contributed by atoms with E-state index in [1.807, 2.05) is 6.07 Å². The largest absolute Gasteiger partial charge is 0.481 e. The van der Waals surface area contributed by atoms with Crippen LogP contribution < -0.4 is 10.6 Å². The molecular formula is C14H14N4O3. The van der Waals surface area contributed by atoms with E-state index in [-0.39, 0.29) is 6.42 Å². The Morgan fingerprint density at radius 2 is 1.81 bits per heavy atom. The van der Waals surface area contributed by atoms with Crippen LogP contribution in [0.4, 0.5) is 16.2 Å². The average Bonchev–Trinajstić information content (AvgIpc) is 2.46. The number of anilines is 2. The fourth-order valence-corrected chi connectivity index (χ4v) is 1.71. The first-order valence-electron chi connectivity index (χ1n) is 6.27. The van der Waals surface area contributed by atoms with E-state index in [1.165, 1.54) is 18.7 Å². The zero-order valence-corrected chi connectivity index (χ0v) is 11.1. The quantitative estimate of drug-likeness (QED) is 0.781. The molecule has 7 nitrogen and oxygen atoms in total. The third kappa shape index (κ3) is 4.90. The van der Waals surface area contributed by atoms with E-state index in [1.54, 1.807) is 18.2 Å². The molecule has 0 aliphatic heterocycles. The van der Waals surface area contributed by atoms with E-state index in [2.05, 4.69) is 20.6 Å². The highest BCUT2D eigenvalue weighted by Crippen LogP contribution is 2.13. The van der Waals surface area contributed by atoms with Gasteiger partial charge in [0.15, 0.2) is 0 Å². The lowest BCUT2D eigenvalue weighted by molar-refractivity contribution is -0.136. The van der Waals surface area contributed by atoms with E-state index in [0.717, 1.165) is 5.56 Å². The molecule has 1 heterocycles. The first-order chi connectivity index (χ1) is 10.1. The standard InChI is InChI=1S/C14H14N4O3/c19-13(20)5-4-10-2-1-3-11(6-10)17-14(21)18-12-7-15-9-16-8-12/h1-3,6-9H,4-5H2,(H,19,20)(H2,17,18,21). The molecule has 3 N–H and O–H groups in total. The van der Waals surface area contributed by atoms with Crippen LogP contribution in [0.5, 0.6) is 0 Å². The summed E-state index contributed by atoms with van der Waals surface area (Å²) in [5, 5.41) is 13.9. The summed E-state index contributed by atoms with van der Waals surface area (Å²) >= 11 is 0. The van der Waals surface area contributed by atoms with Gasteiger partial charge in [-0.25, -0.2) is 14.8 Å². The summed E-state index contributed by atoms with van der Waals surface area (Å²) < 4.78 is 0. The van der Waals surface area contributed by atoms with Gasteiger partial charge < -0.3 is 15.7 Å². The maximum atomic E-state index is 11.8. The molecule has 0 fully saturated rings. The van der Waals surface area contributed by atoms with Gasteiger partial charge in [-0.1, -0.05) is 12.1 Å². The molecule has 2 aromatic rings. The fraction of sp³-hybridized carbons (Fsp3) is 0.143. The van der Waals surface area contributed by atoms with Crippen molar-refractivity contribution in [3.63, 3.8) is 0 Å². The molecular weight excluding hydrogens is 272 g/mol. The minimum Gasteiger partial charge on any atom is -0.481 e. The molecule has 0 saturated heterocycles. The number of hydrogen-bond donors (Lipinski definition) is 3. The van der Waals surface area contributed by atoms with Gasteiger partial charge in [0, 0.05) is 12.1 Å². The van der Waals surface area contributed by atoms with Crippen LogP contribution in [0, 0.1) is 0 Å². The summed E-state index contributed by atoms with van der Waals surface area (Å²) in [6.45, 7) is 0. The van der Waals surface area contributed by atoms with Gasteiger partial charge in [-0.2, -0.15) is 0 Å². The molecule has 0 aliphatic rings. The molecule has 0 atom stereocenters. The number of hydrogen-bond acceptors (Lipinski definition) is 4. The molecule has 0 saturated carbocycles. The Kier molecular flexibility index (Phi) is 4.81. The summed E-state index contributed by atoms with van der Waals surface area (Å²) in [5.74, 6) is -0.852. The van der Waals surface area contributed by atoms with Crippen LogP contribution in [0.3, 0.4) is 0 Å². The Bertz CT molecular complexity index is 631. The normalized spacial score (nSPS) is 9.90. The van der Waals surface area contributed by atoms with Crippen molar-refractivity contribution < 1.29 is 14.7 Å². The maximum Gasteiger partial charge on any atom is 0.323 e. The van der Waals surface area contributed by atoms with Crippen molar-refractivity contribution in [1.29, 1.82) is 0 Å².